The minimum atomic E-state index is -5.39. The van der Waals surface area contributed by atoms with Gasteiger partial charge in [-0.25, -0.2) is 5.32 Å². The molecule has 0 aromatic heterocycles. The molecule has 102 valence electrons. The highest BCUT2D eigenvalue weighted by Gasteiger charge is 2.57. The number of nitrogens with one attached hydrogen (secondary N) is 1. The van der Waals surface area contributed by atoms with Crippen LogP contribution in [0.2, 0.25) is 0 Å². The van der Waals surface area contributed by atoms with E-state index in [1.165, 1.54) is 5.57 Å². The second kappa shape index (κ2) is 3.52. The molecular weight excluding hydrogens is 264 g/mol. The van der Waals surface area contributed by atoms with E-state index in [-0.39, 0.29) is 12.0 Å². The summed E-state index contributed by atoms with van der Waals surface area (Å²) in [5.41, 5.74) is 0.920. The van der Waals surface area contributed by atoms with Crippen molar-refractivity contribution in [3.63, 3.8) is 0 Å². The highest BCUT2D eigenvalue weighted by atomic mass is 32.2. The fourth-order valence-corrected chi connectivity index (χ4v) is 4.17. The van der Waals surface area contributed by atoms with Gasteiger partial charge in [-0.2, -0.15) is 17.2 Å². The summed E-state index contributed by atoms with van der Waals surface area (Å²) in [4.78, 5) is 0. The number of hydrogen-bond acceptors (Lipinski definition) is 3. The lowest BCUT2D eigenvalue weighted by atomic mass is 9.45. The van der Waals surface area contributed by atoms with Crippen LogP contribution in [0.25, 0.3) is 0 Å². The third kappa shape index (κ3) is 1.64. The monoisotopic (exact) mass is 279 g/mol. The summed E-state index contributed by atoms with van der Waals surface area (Å²) in [5, 5.41) is -2.54. The van der Waals surface area contributed by atoms with E-state index in [1.807, 2.05) is 0 Å². The lowest BCUT2D eigenvalue weighted by Gasteiger charge is -2.61. The quantitative estimate of drug-likeness (QED) is 0.467. The van der Waals surface area contributed by atoms with Crippen LogP contribution >= 0.6 is 0 Å². The van der Waals surface area contributed by atoms with E-state index in [1.54, 1.807) is 5.32 Å². The molecule has 4 rings (SSSR count). The average Bonchev–Trinajstić information content (AvgIpc) is 2.25. The van der Waals surface area contributed by atoms with Crippen molar-refractivity contribution >= 4 is 10.1 Å². The topological polar surface area (TPSA) is 66.4 Å². The lowest BCUT2D eigenvalue weighted by Crippen LogP contribution is -2.58. The number of hydrogen-bond donors (Lipinski definition) is 2. The van der Waals surface area contributed by atoms with Crippen LogP contribution in [0.4, 0.5) is 8.78 Å². The van der Waals surface area contributed by atoms with Crippen LogP contribution in [-0.2, 0) is 10.1 Å². The molecule has 0 aliphatic heterocycles. The van der Waals surface area contributed by atoms with Crippen molar-refractivity contribution in [2.24, 2.45) is 17.3 Å². The van der Waals surface area contributed by atoms with Crippen LogP contribution in [0.3, 0.4) is 0 Å². The van der Waals surface area contributed by atoms with Crippen molar-refractivity contribution < 1.29 is 21.8 Å². The van der Waals surface area contributed by atoms with E-state index in [0.717, 1.165) is 25.7 Å². The van der Waals surface area contributed by atoms with Crippen molar-refractivity contribution in [3.8, 4) is 0 Å². The normalized spacial score (nSPS) is 38.3. The Hall–Kier alpha value is -0.530. The molecule has 4 aliphatic carbocycles. The summed E-state index contributed by atoms with van der Waals surface area (Å²) in [6.45, 7) is -0.0847. The molecule has 18 heavy (non-hydrogen) atoms. The standard InChI is InChI=1S/C11H15F2NO3S/c12-11(13,18(15,16)17)14-6-10-4-7-1-2-9(10)8(3-7)5-10/h2,7-8,14H,1,3-6H2,(H,15,16,17). The predicted octanol–water partition coefficient (Wildman–Crippen LogP) is 1.76. The van der Waals surface area contributed by atoms with Gasteiger partial charge in [0.1, 0.15) is 0 Å². The van der Waals surface area contributed by atoms with Crippen LogP contribution in [0.1, 0.15) is 25.7 Å². The zero-order chi connectivity index (χ0) is 13.2. The summed E-state index contributed by atoms with van der Waals surface area (Å²) in [7, 11) is -5.39. The minimum absolute atomic E-state index is 0.0847. The maximum atomic E-state index is 13.1. The van der Waals surface area contributed by atoms with E-state index in [9.17, 15) is 17.2 Å². The zero-order valence-electron chi connectivity index (χ0n) is 9.70. The molecule has 0 heterocycles. The second-order valence-electron chi connectivity index (χ2n) is 5.73. The smallest absolute Gasteiger partial charge is 0.280 e. The number of alkyl halides is 2. The number of rotatable bonds is 4. The summed E-state index contributed by atoms with van der Waals surface area (Å²) >= 11 is 0. The van der Waals surface area contributed by atoms with Crippen molar-refractivity contribution in [1.29, 1.82) is 0 Å². The first-order valence-corrected chi connectivity index (χ1v) is 7.48. The molecule has 4 bridgehead atoms. The fraction of sp³-hybridized carbons (Fsp3) is 0.818. The highest BCUT2D eigenvalue weighted by Crippen LogP contribution is 2.64. The van der Waals surface area contributed by atoms with Gasteiger partial charge >= 0.3 is 15.5 Å². The van der Waals surface area contributed by atoms with Crippen LogP contribution in [0.5, 0.6) is 0 Å². The van der Waals surface area contributed by atoms with Crippen molar-refractivity contribution in [3.05, 3.63) is 11.6 Å². The molecule has 3 unspecified atom stereocenters. The van der Waals surface area contributed by atoms with Crippen molar-refractivity contribution in [2.75, 3.05) is 6.54 Å². The molecule has 4 nitrogen and oxygen atoms in total. The molecule has 7 heteroatoms. The maximum absolute atomic E-state index is 13.1. The van der Waals surface area contributed by atoms with Gasteiger partial charge < -0.3 is 0 Å². The summed E-state index contributed by atoms with van der Waals surface area (Å²) in [6, 6.07) is 0. The number of fused-ring (bicyclic) bond motifs is 1. The lowest BCUT2D eigenvalue weighted by molar-refractivity contribution is -0.0131. The van der Waals surface area contributed by atoms with Gasteiger partial charge in [0.15, 0.2) is 0 Å². The van der Waals surface area contributed by atoms with Crippen LogP contribution in [0.15, 0.2) is 11.6 Å². The molecule has 2 N–H and O–H groups in total. The van der Waals surface area contributed by atoms with Gasteiger partial charge in [-0.15, -0.1) is 0 Å². The second-order valence-corrected chi connectivity index (χ2v) is 7.19. The average molecular weight is 279 g/mol. The summed E-state index contributed by atoms with van der Waals surface area (Å²) in [6.07, 6.45) is 5.98. The van der Waals surface area contributed by atoms with Crippen LogP contribution in [-0.4, -0.2) is 24.9 Å². The van der Waals surface area contributed by atoms with E-state index < -0.39 is 15.5 Å². The SMILES string of the molecule is O=S(=O)(O)C(F)(F)NCC12CC3CC=C1C(C3)C2. The number of allylic oxidation sites excluding steroid dienone is 1. The first kappa shape index (κ1) is 12.5. The first-order chi connectivity index (χ1) is 8.24. The van der Waals surface area contributed by atoms with E-state index in [0.29, 0.717) is 11.8 Å². The Morgan fingerprint density at radius 2 is 2.22 bits per heavy atom. The Kier molecular flexibility index (Phi) is 2.44. The van der Waals surface area contributed by atoms with E-state index >= 15 is 0 Å². The molecule has 0 radical (unpaired) electrons. The summed E-state index contributed by atoms with van der Waals surface area (Å²) < 4.78 is 55.8. The Bertz CT molecular complexity index is 516. The molecule has 0 saturated heterocycles. The Balaban J connectivity index is 1.73. The molecule has 4 aliphatic rings. The summed E-state index contributed by atoms with van der Waals surface area (Å²) in [5.74, 6) is 1.06. The van der Waals surface area contributed by atoms with E-state index in [4.69, 9.17) is 4.55 Å². The molecule has 2 saturated carbocycles. The highest BCUT2D eigenvalue weighted by molar-refractivity contribution is 7.86. The largest absolute Gasteiger partial charge is 0.429 e. The molecule has 2 fully saturated rings. The Morgan fingerprint density at radius 1 is 1.50 bits per heavy atom. The van der Waals surface area contributed by atoms with Gasteiger partial charge in [0.25, 0.3) is 0 Å². The van der Waals surface area contributed by atoms with Gasteiger partial charge in [-0.1, -0.05) is 11.6 Å². The fourth-order valence-electron chi connectivity index (χ4n) is 3.92. The third-order valence-electron chi connectivity index (χ3n) is 4.61. The van der Waals surface area contributed by atoms with Crippen LogP contribution in [0, 0.1) is 17.3 Å². The van der Waals surface area contributed by atoms with Gasteiger partial charge in [0.2, 0.25) is 0 Å². The minimum Gasteiger partial charge on any atom is -0.280 e. The van der Waals surface area contributed by atoms with Gasteiger partial charge in [0, 0.05) is 12.0 Å². The molecule has 3 atom stereocenters. The Labute approximate surface area is 104 Å². The van der Waals surface area contributed by atoms with Crippen LogP contribution < -0.4 is 5.32 Å². The number of halogens is 2. The maximum Gasteiger partial charge on any atom is 0.429 e. The van der Waals surface area contributed by atoms with Gasteiger partial charge in [-0.05, 0) is 37.5 Å². The molecule has 0 aromatic rings. The first-order valence-electron chi connectivity index (χ1n) is 6.04. The molecule has 0 aromatic carbocycles. The molecule has 0 amide bonds. The van der Waals surface area contributed by atoms with E-state index in [2.05, 4.69) is 6.08 Å². The van der Waals surface area contributed by atoms with Crippen molar-refractivity contribution in [2.45, 2.75) is 31.1 Å². The molecule has 0 spiro atoms. The van der Waals surface area contributed by atoms with Crippen molar-refractivity contribution in [1.82, 2.24) is 5.32 Å². The third-order valence-corrected chi connectivity index (χ3v) is 5.41. The van der Waals surface area contributed by atoms with Gasteiger partial charge in [-0.3, -0.25) is 4.55 Å². The molecular formula is C11H15F2NO3S. The Morgan fingerprint density at radius 3 is 2.72 bits per heavy atom. The zero-order valence-corrected chi connectivity index (χ0v) is 10.5. The predicted molar refractivity (Wildman–Crippen MR) is 60.5 cm³/mol. The van der Waals surface area contributed by atoms with Gasteiger partial charge in [0.05, 0.1) is 0 Å².